The van der Waals surface area contributed by atoms with Crippen molar-refractivity contribution in [3.8, 4) is 0 Å². The summed E-state index contributed by atoms with van der Waals surface area (Å²) in [7, 11) is 0. The fraction of sp³-hybridized carbons (Fsp3) is 0.231. The predicted molar refractivity (Wildman–Crippen MR) is 122 cm³/mol. The van der Waals surface area contributed by atoms with Crippen molar-refractivity contribution in [3.05, 3.63) is 117 Å². The summed E-state index contributed by atoms with van der Waals surface area (Å²) >= 11 is 0. The lowest BCUT2D eigenvalue weighted by Gasteiger charge is -2.19. The second kappa shape index (κ2) is 10.7. The van der Waals surface area contributed by atoms with Crippen LogP contribution < -0.4 is 0 Å². The van der Waals surface area contributed by atoms with Crippen LogP contribution in [-0.2, 0) is 27.4 Å². The third kappa shape index (κ3) is 6.03. The van der Waals surface area contributed by atoms with Gasteiger partial charge in [0.2, 0.25) is 0 Å². The first-order valence-corrected chi connectivity index (χ1v) is 10.6. The van der Waals surface area contributed by atoms with E-state index in [0.29, 0.717) is 26.2 Å². The first-order chi connectivity index (χ1) is 15.7. The van der Waals surface area contributed by atoms with E-state index in [0.717, 1.165) is 22.4 Å². The Hall–Kier alpha value is -3.48. The van der Waals surface area contributed by atoms with E-state index in [9.17, 15) is 10.1 Å². The lowest BCUT2D eigenvalue weighted by Crippen LogP contribution is -2.29. The quantitative estimate of drug-likeness (QED) is 0.329. The zero-order valence-electron chi connectivity index (χ0n) is 17.6. The molecule has 0 aromatic heterocycles. The highest BCUT2D eigenvalue weighted by Crippen LogP contribution is 2.29. The topological polar surface area (TPSA) is 70.8 Å². The minimum absolute atomic E-state index is 0.0655. The molecule has 0 radical (unpaired) electrons. The van der Waals surface area contributed by atoms with Gasteiger partial charge in [0.15, 0.2) is 0 Å². The van der Waals surface area contributed by atoms with Crippen LogP contribution in [0.4, 0.5) is 5.69 Å². The molecular weight excluding hydrogens is 406 g/mol. The second-order valence-electron chi connectivity index (χ2n) is 7.66. The molecule has 0 saturated carbocycles. The Bertz CT molecular complexity index is 1030. The van der Waals surface area contributed by atoms with Crippen LogP contribution in [0.25, 0.3) is 6.08 Å². The molecule has 1 aliphatic rings. The van der Waals surface area contributed by atoms with Gasteiger partial charge in [-0.1, -0.05) is 60.7 Å². The lowest BCUT2D eigenvalue weighted by molar-refractivity contribution is -0.384. The molecule has 6 nitrogen and oxygen atoms in total. The lowest BCUT2D eigenvalue weighted by atomic mass is 10.1. The van der Waals surface area contributed by atoms with Crippen LogP contribution in [0.2, 0.25) is 0 Å². The second-order valence-corrected chi connectivity index (χ2v) is 7.66. The van der Waals surface area contributed by atoms with Gasteiger partial charge < -0.3 is 14.2 Å². The van der Waals surface area contributed by atoms with Crippen molar-refractivity contribution >= 4 is 11.8 Å². The Kier molecular flexibility index (Phi) is 7.27. The first-order valence-electron chi connectivity index (χ1n) is 10.6. The van der Waals surface area contributed by atoms with Gasteiger partial charge in [-0.3, -0.25) is 10.1 Å². The first kappa shape index (κ1) is 21.7. The number of hydrogen-bond donors (Lipinski definition) is 0. The number of benzene rings is 3. The molecule has 3 aromatic carbocycles. The van der Waals surface area contributed by atoms with Gasteiger partial charge in [0.05, 0.1) is 30.5 Å². The molecule has 6 heteroatoms. The van der Waals surface area contributed by atoms with E-state index in [2.05, 4.69) is 0 Å². The monoisotopic (exact) mass is 431 g/mol. The van der Waals surface area contributed by atoms with E-state index >= 15 is 0 Å². The summed E-state index contributed by atoms with van der Waals surface area (Å²) in [5, 5.41) is 10.9. The number of nitro benzene ring substituents is 1. The van der Waals surface area contributed by atoms with Crippen LogP contribution in [0.15, 0.2) is 90.7 Å². The van der Waals surface area contributed by atoms with Gasteiger partial charge >= 0.3 is 0 Å². The Morgan fingerprint density at radius 3 is 2.16 bits per heavy atom. The molecule has 0 aliphatic carbocycles. The molecule has 32 heavy (non-hydrogen) atoms. The largest absolute Gasteiger partial charge is 0.489 e. The summed E-state index contributed by atoms with van der Waals surface area (Å²) in [5.74, 6) is 0.783. The summed E-state index contributed by atoms with van der Waals surface area (Å²) in [4.78, 5) is 10.5. The van der Waals surface area contributed by atoms with Crippen molar-refractivity contribution in [1.29, 1.82) is 0 Å². The Labute approximate surface area is 187 Å². The van der Waals surface area contributed by atoms with Crippen LogP contribution >= 0.6 is 0 Å². The van der Waals surface area contributed by atoms with Gasteiger partial charge in [0, 0.05) is 18.6 Å². The summed E-state index contributed by atoms with van der Waals surface area (Å²) in [6.07, 6.45) is 2.14. The van der Waals surface area contributed by atoms with E-state index in [-0.39, 0.29) is 17.9 Å². The van der Waals surface area contributed by atoms with Gasteiger partial charge in [-0.05, 0) is 34.9 Å². The maximum Gasteiger partial charge on any atom is 0.269 e. The molecule has 4 rings (SSSR count). The van der Waals surface area contributed by atoms with Gasteiger partial charge in [-0.15, -0.1) is 0 Å². The van der Waals surface area contributed by atoms with E-state index < -0.39 is 4.92 Å². The van der Waals surface area contributed by atoms with Gasteiger partial charge in [-0.25, -0.2) is 0 Å². The molecule has 1 aliphatic heterocycles. The van der Waals surface area contributed by atoms with Crippen LogP contribution in [0.1, 0.15) is 23.1 Å². The molecular formula is C26H25NO5. The van der Waals surface area contributed by atoms with E-state index in [1.807, 2.05) is 66.7 Å². The smallest absolute Gasteiger partial charge is 0.269 e. The van der Waals surface area contributed by atoms with Crippen molar-refractivity contribution in [1.82, 2.24) is 0 Å². The number of ether oxygens (including phenoxy) is 3. The van der Waals surface area contributed by atoms with Crippen molar-refractivity contribution in [3.63, 3.8) is 0 Å². The van der Waals surface area contributed by atoms with E-state index in [1.165, 1.54) is 12.1 Å². The highest BCUT2D eigenvalue weighted by Gasteiger charge is 2.33. The normalized spacial score (nSPS) is 19.1. The maximum absolute atomic E-state index is 10.9. The Morgan fingerprint density at radius 2 is 1.53 bits per heavy atom. The van der Waals surface area contributed by atoms with Crippen molar-refractivity contribution < 1.29 is 19.1 Å². The highest BCUT2D eigenvalue weighted by molar-refractivity contribution is 5.54. The van der Waals surface area contributed by atoms with Crippen molar-refractivity contribution in [2.45, 2.75) is 31.8 Å². The van der Waals surface area contributed by atoms with Crippen LogP contribution in [-0.4, -0.2) is 23.7 Å². The van der Waals surface area contributed by atoms with Crippen LogP contribution in [0, 0.1) is 10.1 Å². The molecule has 0 amide bonds. The molecule has 0 spiro atoms. The zero-order valence-corrected chi connectivity index (χ0v) is 17.6. The predicted octanol–water partition coefficient (Wildman–Crippen LogP) is 5.53. The molecule has 1 saturated heterocycles. The average Bonchev–Trinajstić information content (AvgIpc) is 3.20. The van der Waals surface area contributed by atoms with Gasteiger partial charge in [0.1, 0.15) is 12.2 Å². The van der Waals surface area contributed by atoms with Crippen molar-refractivity contribution in [2.24, 2.45) is 0 Å². The molecule has 0 N–H and O–H groups in total. The molecule has 3 aromatic rings. The third-order valence-corrected chi connectivity index (χ3v) is 5.25. The summed E-state index contributed by atoms with van der Waals surface area (Å²) in [6.45, 7) is 1.41. The van der Waals surface area contributed by atoms with Gasteiger partial charge in [-0.2, -0.15) is 0 Å². The number of nitrogens with zero attached hydrogens (tertiary/aromatic N) is 1. The SMILES string of the molecule is O=[N+]([O-])c1ccc(/C=C2\C[C@H](OCc3ccccc3)[C@@H](COCc3ccccc3)O2)cc1. The summed E-state index contributed by atoms with van der Waals surface area (Å²) in [6, 6.07) is 26.4. The Morgan fingerprint density at radius 1 is 0.906 bits per heavy atom. The zero-order chi connectivity index (χ0) is 22.2. The fourth-order valence-electron chi connectivity index (χ4n) is 3.57. The highest BCUT2D eigenvalue weighted by atomic mass is 16.6. The average molecular weight is 431 g/mol. The standard InChI is InChI=1S/C26H25NO5/c28-27(29)23-13-11-20(12-14-23)15-24-16-25(31-18-22-9-5-2-6-10-22)26(32-24)19-30-17-21-7-3-1-4-8-21/h1-15,25-26H,16-19H2/b24-15+/t25-,26+/m0/s1. The summed E-state index contributed by atoms with van der Waals surface area (Å²) < 4.78 is 18.3. The molecule has 0 bridgehead atoms. The number of nitro groups is 1. The van der Waals surface area contributed by atoms with Crippen LogP contribution in [0.5, 0.6) is 0 Å². The summed E-state index contributed by atoms with van der Waals surface area (Å²) in [5.41, 5.74) is 3.12. The molecule has 1 fully saturated rings. The van der Waals surface area contributed by atoms with E-state index in [4.69, 9.17) is 14.2 Å². The molecule has 0 unspecified atom stereocenters. The Balaban J connectivity index is 1.41. The van der Waals surface area contributed by atoms with E-state index in [1.54, 1.807) is 12.1 Å². The number of rotatable bonds is 9. The minimum Gasteiger partial charge on any atom is -0.489 e. The number of non-ortho nitro benzene ring substituents is 1. The minimum atomic E-state index is -0.406. The van der Waals surface area contributed by atoms with Crippen LogP contribution in [0.3, 0.4) is 0 Å². The van der Waals surface area contributed by atoms with Gasteiger partial charge in [0.25, 0.3) is 5.69 Å². The van der Waals surface area contributed by atoms with Crippen molar-refractivity contribution in [2.75, 3.05) is 6.61 Å². The molecule has 2 atom stereocenters. The fourth-order valence-corrected chi connectivity index (χ4v) is 3.57. The molecule has 164 valence electrons. The number of hydrogen-bond acceptors (Lipinski definition) is 5. The maximum atomic E-state index is 10.9. The molecule has 1 heterocycles. The third-order valence-electron chi connectivity index (χ3n) is 5.25.